The fourth-order valence-electron chi connectivity index (χ4n) is 2.92. The molecule has 0 aliphatic carbocycles. The quantitative estimate of drug-likeness (QED) is 0.545. The summed E-state index contributed by atoms with van der Waals surface area (Å²) >= 11 is 0. The van der Waals surface area contributed by atoms with E-state index in [0.717, 1.165) is 16.9 Å². The van der Waals surface area contributed by atoms with Gasteiger partial charge in [0.05, 0.1) is 0 Å². The Morgan fingerprint density at radius 1 is 1.10 bits per heavy atom. The maximum Gasteiger partial charge on any atom is 0.254 e. The summed E-state index contributed by atoms with van der Waals surface area (Å²) in [4.78, 5) is 25.4. The average Bonchev–Trinajstić information content (AvgIpc) is 3.12. The van der Waals surface area contributed by atoms with Gasteiger partial charge in [0.25, 0.3) is 11.7 Å². The lowest BCUT2D eigenvalue weighted by molar-refractivity contribution is 0.0943. The summed E-state index contributed by atoms with van der Waals surface area (Å²) < 4.78 is 1.65. The van der Waals surface area contributed by atoms with Crippen molar-refractivity contribution >= 4 is 23.2 Å². The second-order valence-corrected chi connectivity index (χ2v) is 7.01. The zero-order valence-corrected chi connectivity index (χ0v) is 16.4. The van der Waals surface area contributed by atoms with Crippen LogP contribution in [0.1, 0.15) is 29.9 Å². The topological polar surface area (TPSA) is 97.1 Å². The number of carbonyl (C=O) groups excluding carboxylic acids is 1. The highest BCUT2D eigenvalue weighted by molar-refractivity contribution is 5.95. The first-order chi connectivity index (χ1) is 14.0. The van der Waals surface area contributed by atoms with Crippen molar-refractivity contribution in [2.24, 2.45) is 0 Å². The third-order valence-electron chi connectivity index (χ3n) is 4.18. The molecule has 1 aromatic carbocycles. The van der Waals surface area contributed by atoms with Gasteiger partial charge in [0.1, 0.15) is 5.82 Å². The summed E-state index contributed by atoms with van der Waals surface area (Å²) in [5.74, 6) is 1.63. The fraction of sp³-hybridized carbons (Fsp3) is 0.190. The van der Waals surface area contributed by atoms with Crippen LogP contribution in [0.5, 0.6) is 0 Å². The number of pyridine rings is 1. The molecule has 0 bridgehead atoms. The van der Waals surface area contributed by atoms with Crippen LogP contribution in [0.4, 0.5) is 11.5 Å². The zero-order chi connectivity index (χ0) is 20.4. The highest BCUT2D eigenvalue weighted by Gasteiger charge is 2.13. The van der Waals surface area contributed by atoms with Crippen LogP contribution in [-0.2, 0) is 0 Å². The molecule has 0 radical (unpaired) electrons. The lowest BCUT2D eigenvalue weighted by atomic mass is 10.1. The molecule has 0 unspecified atom stereocenters. The SMILES string of the molecule is Cc1cc(Nc2cccc(C(=O)NC(C)C)c2)n2nc(-c3cccnc3)nc2n1. The number of anilines is 2. The minimum atomic E-state index is -0.112. The Kier molecular flexibility index (Phi) is 4.90. The monoisotopic (exact) mass is 387 g/mol. The number of fused-ring (bicyclic) bond motifs is 1. The number of rotatable bonds is 5. The first-order valence-electron chi connectivity index (χ1n) is 9.32. The molecule has 0 spiro atoms. The van der Waals surface area contributed by atoms with Gasteiger partial charge in [0, 0.05) is 47.0 Å². The molecule has 0 saturated carbocycles. The molecule has 146 valence electrons. The number of nitrogens with one attached hydrogen (secondary N) is 2. The van der Waals surface area contributed by atoms with Crippen molar-refractivity contribution in [3.63, 3.8) is 0 Å². The molecule has 8 heteroatoms. The Labute approximate surface area is 168 Å². The summed E-state index contributed by atoms with van der Waals surface area (Å²) in [6.07, 6.45) is 3.42. The van der Waals surface area contributed by atoms with Crippen molar-refractivity contribution in [3.8, 4) is 11.4 Å². The van der Waals surface area contributed by atoms with Crippen LogP contribution in [0.2, 0.25) is 0 Å². The molecule has 0 saturated heterocycles. The van der Waals surface area contributed by atoms with E-state index in [2.05, 4.69) is 30.7 Å². The maximum absolute atomic E-state index is 12.3. The maximum atomic E-state index is 12.3. The zero-order valence-electron chi connectivity index (χ0n) is 16.4. The van der Waals surface area contributed by atoms with E-state index >= 15 is 0 Å². The van der Waals surface area contributed by atoms with Crippen molar-refractivity contribution in [3.05, 3.63) is 66.1 Å². The molecule has 4 rings (SSSR count). The molecule has 3 aromatic heterocycles. The highest BCUT2D eigenvalue weighted by atomic mass is 16.1. The van der Waals surface area contributed by atoms with Crippen LogP contribution in [0.3, 0.4) is 0 Å². The van der Waals surface area contributed by atoms with E-state index in [1.165, 1.54) is 0 Å². The summed E-state index contributed by atoms with van der Waals surface area (Å²) in [6.45, 7) is 5.76. The molecular weight excluding hydrogens is 366 g/mol. The van der Waals surface area contributed by atoms with E-state index in [9.17, 15) is 4.79 Å². The van der Waals surface area contributed by atoms with E-state index in [4.69, 9.17) is 0 Å². The first-order valence-corrected chi connectivity index (χ1v) is 9.32. The van der Waals surface area contributed by atoms with Crippen LogP contribution in [0, 0.1) is 6.92 Å². The molecule has 3 heterocycles. The first kappa shape index (κ1) is 18.5. The van der Waals surface area contributed by atoms with Crippen molar-refractivity contribution in [2.75, 3.05) is 5.32 Å². The number of nitrogens with zero attached hydrogens (tertiary/aromatic N) is 5. The van der Waals surface area contributed by atoms with E-state index in [-0.39, 0.29) is 11.9 Å². The summed E-state index contributed by atoms with van der Waals surface area (Å²) in [6, 6.07) is 13.0. The number of carbonyl (C=O) groups is 1. The summed E-state index contributed by atoms with van der Waals surface area (Å²) in [5, 5.41) is 10.8. The molecule has 0 fully saturated rings. The highest BCUT2D eigenvalue weighted by Crippen LogP contribution is 2.21. The lowest BCUT2D eigenvalue weighted by Gasteiger charge is -2.11. The molecular formula is C21H21N7O. The summed E-state index contributed by atoms with van der Waals surface area (Å²) in [7, 11) is 0. The molecule has 29 heavy (non-hydrogen) atoms. The molecule has 0 aliphatic heterocycles. The Morgan fingerprint density at radius 3 is 2.72 bits per heavy atom. The van der Waals surface area contributed by atoms with Gasteiger partial charge in [0.15, 0.2) is 5.82 Å². The third-order valence-corrected chi connectivity index (χ3v) is 4.18. The number of benzene rings is 1. The van der Waals surface area contributed by atoms with Gasteiger partial charge in [-0.2, -0.15) is 9.50 Å². The number of amides is 1. The van der Waals surface area contributed by atoms with Crippen LogP contribution in [0.25, 0.3) is 17.2 Å². The predicted molar refractivity (Wildman–Crippen MR) is 111 cm³/mol. The molecule has 0 aliphatic rings. The largest absolute Gasteiger partial charge is 0.350 e. The van der Waals surface area contributed by atoms with Gasteiger partial charge in [-0.1, -0.05) is 6.07 Å². The van der Waals surface area contributed by atoms with Crippen molar-refractivity contribution in [1.29, 1.82) is 0 Å². The Bertz CT molecular complexity index is 1170. The standard InChI is InChI=1S/C21H21N7O/c1-13(2)23-20(29)15-6-4-8-17(11-15)25-18-10-14(3)24-21-26-19(27-28(18)21)16-7-5-9-22-12-16/h4-13,25H,1-3H3,(H,23,29). The number of aryl methyl sites for hydroxylation is 1. The fourth-order valence-corrected chi connectivity index (χ4v) is 2.92. The van der Waals surface area contributed by atoms with Crippen molar-refractivity contribution < 1.29 is 4.79 Å². The third kappa shape index (κ3) is 4.06. The Morgan fingerprint density at radius 2 is 1.97 bits per heavy atom. The lowest BCUT2D eigenvalue weighted by Crippen LogP contribution is -2.30. The Balaban J connectivity index is 1.69. The van der Waals surface area contributed by atoms with E-state index in [1.807, 2.05) is 51.1 Å². The smallest absolute Gasteiger partial charge is 0.254 e. The second kappa shape index (κ2) is 7.67. The molecule has 0 atom stereocenters. The van der Waals surface area contributed by atoms with Gasteiger partial charge in [-0.05, 0) is 51.1 Å². The molecule has 1 amide bonds. The van der Waals surface area contributed by atoms with E-state index in [0.29, 0.717) is 23.0 Å². The van der Waals surface area contributed by atoms with Gasteiger partial charge in [-0.15, -0.1) is 5.10 Å². The van der Waals surface area contributed by atoms with Gasteiger partial charge in [-0.3, -0.25) is 9.78 Å². The minimum Gasteiger partial charge on any atom is -0.350 e. The number of hydrogen-bond donors (Lipinski definition) is 2. The van der Waals surface area contributed by atoms with Crippen molar-refractivity contribution in [2.45, 2.75) is 26.8 Å². The summed E-state index contributed by atoms with van der Waals surface area (Å²) in [5.41, 5.74) is 2.97. The predicted octanol–water partition coefficient (Wildman–Crippen LogP) is 3.38. The Hall–Kier alpha value is -3.81. The van der Waals surface area contributed by atoms with Gasteiger partial charge in [-0.25, -0.2) is 4.98 Å². The van der Waals surface area contributed by atoms with E-state index < -0.39 is 0 Å². The number of aromatic nitrogens is 5. The van der Waals surface area contributed by atoms with Gasteiger partial charge in [0.2, 0.25) is 0 Å². The van der Waals surface area contributed by atoms with Crippen LogP contribution < -0.4 is 10.6 Å². The van der Waals surface area contributed by atoms with E-state index in [1.54, 1.807) is 29.0 Å². The average molecular weight is 387 g/mol. The van der Waals surface area contributed by atoms with Crippen LogP contribution in [-0.4, -0.2) is 36.5 Å². The second-order valence-electron chi connectivity index (χ2n) is 7.01. The number of hydrogen-bond acceptors (Lipinski definition) is 6. The van der Waals surface area contributed by atoms with Crippen LogP contribution in [0.15, 0.2) is 54.9 Å². The normalized spacial score (nSPS) is 11.0. The van der Waals surface area contributed by atoms with Gasteiger partial charge < -0.3 is 10.6 Å². The minimum absolute atomic E-state index is 0.0719. The van der Waals surface area contributed by atoms with Crippen molar-refractivity contribution in [1.82, 2.24) is 29.9 Å². The molecule has 4 aromatic rings. The van der Waals surface area contributed by atoms with Crippen LogP contribution >= 0.6 is 0 Å². The van der Waals surface area contributed by atoms with Gasteiger partial charge >= 0.3 is 0 Å². The molecule has 2 N–H and O–H groups in total. The molecule has 8 nitrogen and oxygen atoms in total.